The molecule has 93 heavy (non-hydrogen) atoms. The molecule has 1 spiro atoms. The SMILES string of the molecule is Cc1cc(C)cc(N(c2cc(C)cc(C)c2)c2ccc3c(c2)C(C)(C)c2cc(/C=C/c4ccc5c(c4)C4(c6ccccc6-c6ccccc64)c4cc(/C=C/c6ccc7c(c6)C(C)(C)c6cc(N(c8cc(C)cc(C)c8)c8cc(C)cc(C)c8)ccc6-7)ccc4-5)ccc2-3)c1. The zero-order valence-electron chi connectivity index (χ0n) is 55.6. The number of rotatable bonds is 10. The van der Waals surface area contributed by atoms with Gasteiger partial charge >= 0.3 is 0 Å². The van der Waals surface area contributed by atoms with Crippen LogP contribution in [0.3, 0.4) is 0 Å². The van der Waals surface area contributed by atoms with Crippen LogP contribution < -0.4 is 9.80 Å². The Morgan fingerprint density at radius 2 is 0.452 bits per heavy atom. The molecule has 452 valence electrons. The molecule has 0 saturated carbocycles. The number of hydrogen-bond donors (Lipinski definition) is 0. The van der Waals surface area contributed by atoms with Crippen molar-refractivity contribution in [1.29, 1.82) is 0 Å². The summed E-state index contributed by atoms with van der Waals surface area (Å²) in [5.74, 6) is 0. The third kappa shape index (κ3) is 9.35. The van der Waals surface area contributed by atoms with Crippen molar-refractivity contribution in [2.75, 3.05) is 9.80 Å². The number of aryl methyl sites for hydroxylation is 8. The van der Waals surface area contributed by atoms with Gasteiger partial charge in [0, 0.05) is 45.0 Å². The van der Waals surface area contributed by atoms with Crippen LogP contribution in [0.2, 0.25) is 0 Å². The highest BCUT2D eigenvalue weighted by atomic mass is 15.1. The summed E-state index contributed by atoms with van der Waals surface area (Å²) in [6, 6.07) is 88.7. The monoisotopic (exact) mass is 1200 g/mol. The lowest BCUT2D eigenvalue weighted by Crippen LogP contribution is -2.26. The molecule has 0 heterocycles. The summed E-state index contributed by atoms with van der Waals surface area (Å²) >= 11 is 0. The molecule has 12 aromatic carbocycles. The molecule has 12 aromatic rings. The molecule has 0 fully saturated rings. The Balaban J connectivity index is 0.720. The van der Waals surface area contributed by atoms with Gasteiger partial charge in [-0.1, -0.05) is 198 Å². The standard InChI is InChI=1S/C91H78N2/c1-55-37-56(2)42-69(41-55)92(70-43-57(3)38-58(4)44-70)67-29-35-77-75-31-25-63(49-83(75)89(9,10)85(77)53-67)21-23-65-27-33-79-80-34-28-66(52-88(80)91(87(79)51-65)81-19-15-13-17-73(81)74-18-14-16-20-82(74)91)24-22-64-26-32-76-78-36-30-68(54-86(78)90(11,12)84(76)50-64)93(71-45-59(5)39-60(6)46-71)72-47-61(7)40-62(8)48-72/h13-54H,1-12H3/b23-21+,24-22+. The molecule has 0 atom stereocenters. The van der Waals surface area contributed by atoms with Gasteiger partial charge in [0.2, 0.25) is 0 Å². The van der Waals surface area contributed by atoms with Crippen LogP contribution in [0.1, 0.15) is 139 Å². The van der Waals surface area contributed by atoms with E-state index in [1.807, 2.05) is 0 Å². The second kappa shape index (κ2) is 21.4. The maximum atomic E-state index is 2.49. The van der Waals surface area contributed by atoms with Crippen molar-refractivity contribution in [3.05, 3.63) is 342 Å². The lowest BCUT2D eigenvalue weighted by atomic mass is 9.70. The summed E-state index contributed by atoms with van der Waals surface area (Å²) in [6.07, 6.45) is 9.32. The van der Waals surface area contributed by atoms with Crippen molar-refractivity contribution in [2.45, 2.75) is 99.3 Å². The summed E-state index contributed by atoms with van der Waals surface area (Å²) in [6.45, 7) is 27.2. The first-order valence-corrected chi connectivity index (χ1v) is 33.2. The van der Waals surface area contributed by atoms with E-state index in [-0.39, 0.29) is 10.8 Å². The molecule has 0 bridgehead atoms. The third-order valence-electron chi connectivity index (χ3n) is 20.8. The van der Waals surface area contributed by atoms with E-state index in [2.05, 4.69) is 348 Å². The van der Waals surface area contributed by atoms with Crippen molar-refractivity contribution in [3.63, 3.8) is 0 Å². The molecule has 2 nitrogen and oxygen atoms in total. The zero-order valence-corrected chi connectivity index (χ0v) is 55.6. The number of fused-ring (bicyclic) bond motifs is 16. The first kappa shape index (κ1) is 57.8. The minimum absolute atomic E-state index is 0.215. The van der Waals surface area contributed by atoms with Gasteiger partial charge in [0.05, 0.1) is 5.41 Å². The van der Waals surface area contributed by atoms with E-state index < -0.39 is 5.41 Å². The Morgan fingerprint density at radius 1 is 0.215 bits per heavy atom. The molecular formula is C91H78N2. The smallest absolute Gasteiger partial charge is 0.0725 e. The minimum atomic E-state index is -0.492. The average Bonchev–Trinajstić information content (AvgIpc) is 1.51. The van der Waals surface area contributed by atoms with Crippen LogP contribution in [-0.2, 0) is 16.2 Å². The second-order valence-electron chi connectivity index (χ2n) is 28.5. The maximum absolute atomic E-state index is 2.49. The Hall–Kier alpha value is -10.3. The molecular weight excluding hydrogens is 1120 g/mol. The predicted molar refractivity (Wildman–Crippen MR) is 396 cm³/mol. The van der Waals surface area contributed by atoms with Crippen molar-refractivity contribution < 1.29 is 0 Å². The van der Waals surface area contributed by atoms with Crippen LogP contribution in [0.25, 0.3) is 68.8 Å². The van der Waals surface area contributed by atoms with Crippen molar-refractivity contribution >= 4 is 58.4 Å². The molecule has 4 aliphatic rings. The second-order valence-corrected chi connectivity index (χ2v) is 28.5. The quantitative estimate of drug-likeness (QED) is 0.126. The lowest BCUT2D eigenvalue weighted by Gasteiger charge is -2.30. The Kier molecular flexibility index (Phi) is 13.3. The van der Waals surface area contributed by atoms with E-state index in [1.165, 1.54) is 190 Å². The van der Waals surface area contributed by atoms with Gasteiger partial charge in [-0.05, 0) is 296 Å². The van der Waals surface area contributed by atoms with E-state index >= 15 is 0 Å². The first-order valence-electron chi connectivity index (χ1n) is 33.2. The highest BCUT2D eigenvalue weighted by Gasteiger charge is 2.52. The minimum Gasteiger partial charge on any atom is -0.310 e. The summed E-state index contributed by atoms with van der Waals surface area (Å²) in [4.78, 5) is 4.90. The number of benzene rings is 12. The first-order chi connectivity index (χ1) is 44.8. The lowest BCUT2D eigenvalue weighted by molar-refractivity contribution is 0.660. The molecule has 4 aliphatic carbocycles. The van der Waals surface area contributed by atoms with Crippen LogP contribution in [0.4, 0.5) is 34.1 Å². The van der Waals surface area contributed by atoms with Gasteiger partial charge in [0.15, 0.2) is 0 Å². The maximum Gasteiger partial charge on any atom is 0.0725 e. The van der Waals surface area contributed by atoms with Gasteiger partial charge in [-0.2, -0.15) is 0 Å². The van der Waals surface area contributed by atoms with Crippen molar-refractivity contribution in [3.8, 4) is 44.5 Å². The Bertz CT molecular complexity index is 4700. The van der Waals surface area contributed by atoms with Gasteiger partial charge in [-0.15, -0.1) is 0 Å². The van der Waals surface area contributed by atoms with E-state index in [0.717, 1.165) is 0 Å². The molecule has 0 amide bonds. The van der Waals surface area contributed by atoms with Crippen LogP contribution >= 0.6 is 0 Å². The fourth-order valence-corrected chi connectivity index (χ4v) is 17.0. The summed E-state index contributed by atoms with van der Waals surface area (Å²) in [7, 11) is 0. The average molecular weight is 1200 g/mol. The molecule has 0 aromatic heterocycles. The van der Waals surface area contributed by atoms with Gasteiger partial charge < -0.3 is 9.80 Å². The van der Waals surface area contributed by atoms with Crippen LogP contribution in [0.15, 0.2) is 231 Å². The topological polar surface area (TPSA) is 6.48 Å². The van der Waals surface area contributed by atoms with Gasteiger partial charge in [-0.3, -0.25) is 0 Å². The predicted octanol–water partition coefficient (Wildman–Crippen LogP) is 24.4. The Labute approximate surface area is 550 Å². The highest BCUT2D eigenvalue weighted by Crippen LogP contribution is 2.63. The zero-order chi connectivity index (χ0) is 64.0. The summed E-state index contributed by atoms with van der Waals surface area (Å²) < 4.78 is 0. The highest BCUT2D eigenvalue weighted by molar-refractivity contribution is 5.97. The molecule has 0 N–H and O–H groups in total. The summed E-state index contributed by atoms with van der Waals surface area (Å²) in [5.41, 5.74) is 42.3. The van der Waals surface area contributed by atoms with Gasteiger partial charge in [-0.25, -0.2) is 0 Å². The number of nitrogens with zero attached hydrogens (tertiary/aromatic N) is 2. The third-order valence-corrected chi connectivity index (χ3v) is 20.8. The van der Waals surface area contributed by atoms with Gasteiger partial charge in [0.25, 0.3) is 0 Å². The summed E-state index contributed by atoms with van der Waals surface area (Å²) in [5, 5.41) is 0. The largest absolute Gasteiger partial charge is 0.310 e. The molecule has 16 rings (SSSR count). The fraction of sp³-hybridized carbons (Fsp3) is 0.165. The normalized spacial score (nSPS) is 14.4. The van der Waals surface area contributed by atoms with E-state index in [4.69, 9.17) is 0 Å². The number of anilines is 6. The van der Waals surface area contributed by atoms with Crippen LogP contribution in [0, 0.1) is 55.4 Å². The molecule has 0 saturated heterocycles. The van der Waals surface area contributed by atoms with E-state index in [9.17, 15) is 0 Å². The molecule has 2 heteroatoms. The fourth-order valence-electron chi connectivity index (χ4n) is 17.0. The number of hydrogen-bond acceptors (Lipinski definition) is 2. The molecule has 0 aliphatic heterocycles. The van der Waals surface area contributed by atoms with Crippen LogP contribution in [-0.4, -0.2) is 0 Å². The van der Waals surface area contributed by atoms with Crippen LogP contribution in [0.5, 0.6) is 0 Å². The molecule has 0 radical (unpaired) electrons. The van der Waals surface area contributed by atoms with E-state index in [1.54, 1.807) is 0 Å². The van der Waals surface area contributed by atoms with Crippen molar-refractivity contribution in [1.82, 2.24) is 0 Å². The Morgan fingerprint density at radius 3 is 0.753 bits per heavy atom. The van der Waals surface area contributed by atoms with E-state index in [0.29, 0.717) is 0 Å². The van der Waals surface area contributed by atoms with Gasteiger partial charge in [0.1, 0.15) is 0 Å². The molecule has 0 unspecified atom stereocenters. The van der Waals surface area contributed by atoms with Crippen molar-refractivity contribution in [2.24, 2.45) is 0 Å².